The summed E-state index contributed by atoms with van der Waals surface area (Å²) in [6.07, 6.45) is -0.610. The quantitative estimate of drug-likeness (QED) is 0.457. The van der Waals surface area contributed by atoms with Crippen molar-refractivity contribution in [1.82, 2.24) is 9.80 Å². The molecule has 0 atom stereocenters. The first-order chi connectivity index (χ1) is 18.4. The zero-order valence-corrected chi connectivity index (χ0v) is 23.0. The Morgan fingerprint density at radius 2 is 1.59 bits per heavy atom. The fraction of sp³-hybridized carbons (Fsp3) is 0.533. The molecule has 4 rings (SSSR count). The van der Waals surface area contributed by atoms with E-state index in [9.17, 15) is 18.0 Å². The average Bonchev–Trinajstić information content (AvgIpc) is 3.32. The van der Waals surface area contributed by atoms with E-state index in [2.05, 4.69) is 67.0 Å². The van der Waals surface area contributed by atoms with Crippen LogP contribution in [0.25, 0.3) is 0 Å². The second kappa shape index (κ2) is 13.3. The van der Waals surface area contributed by atoms with Gasteiger partial charge in [0.05, 0.1) is 6.61 Å². The van der Waals surface area contributed by atoms with Crippen LogP contribution in [0.5, 0.6) is 5.75 Å². The second-order valence-electron chi connectivity index (χ2n) is 10.9. The third-order valence-electron chi connectivity index (χ3n) is 7.43. The molecule has 2 aliphatic heterocycles. The van der Waals surface area contributed by atoms with Crippen molar-refractivity contribution in [1.29, 1.82) is 0 Å². The number of para-hydroxylation sites is 1. The fourth-order valence-corrected chi connectivity index (χ4v) is 5.04. The number of carbonyl (C=O) groups excluding carboxylic acids is 1. The Labute approximate surface area is 228 Å². The number of carboxylic acid groups (broad SMARTS) is 1. The lowest BCUT2D eigenvalue weighted by Gasteiger charge is -2.39. The number of benzene rings is 2. The summed E-state index contributed by atoms with van der Waals surface area (Å²) in [5.41, 5.74) is 3.68. The number of piperidine rings is 1. The van der Waals surface area contributed by atoms with Crippen molar-refractivity contribution in [3.05, 3.63) is 65.2 Å². The molecule has 2 fully saturated rings. The zero-order valence-electron chi connectivity index (χ0n) is 23.0. The van der Waals surface area contributed by atoms with E-state index in [0.29, 0.717) is 11.3 Å². The van der Waals surface area contributed by atoms with E-state index in [1.54, 1.807) is 0 Å². The van der Waals surface area contributed by atoms with E-state index >= 15 is 0 Å². The highest BCUT2D eigenvalue weighted by Gasteiger charge is 2.42. The molecule has 2 aromatic rings. The summed E-state index contributed by atoms with van der Waals surface area (Å²) >= 11 is 0. The van der Waals surface area contributed by atoms with Crippen molar-refractivity contribution in [2.45, 2.75) is 59.2 Å². The van der Waals surface area contributed by atoms with Crippen LogP contribution in [0.15, 0.2) is 48.5 Å². The van der Waals surface area contributed by atoms with Crippen molar-refractivity contribution in [3.63, 3.8) is 0 Å². The van der Waals surface area contributed by atoms with Crippen LogP contribution in [-0.4, -0.2) is 65.7 Å². The smallest absolute Gasteiger partial charge is 0.490 e. The first-order valence-corrected chi connectivity index (χ1v) is 13.5. The maximum absolute atomic E-state index is 13.0. The standard InChI is InChI=1S/C28H38N2O2.C2HF3O2/c1-4-23-9-11-24(12-10-23)27(31)30-18-15-28(21-30)13-16-29(17-14-28)19-25-7-5-6-8-26(25)32-20-22(2)3;3-2(4,5)1(6)7/h5-12,22H,4,13-21H2,1-3H3;(H,6,7). The monoisotopic (exact) mass is 548 g/mol. The van der Waals surface area contributed by atoms with Crippen LogP contribution in [-0.2, 0) is 17.8 Å². The topological polar surface area (TPSA) is 70.1 Å². The van der Waals surface area contributed by atoms with E-state index < -0.39 is 12.1 Å². The molecule has 2 saturated heterocycles. The number of halogens is 3. The van der Waals surface area contributed by atoms with Crippen molar-refractivity contribution in [2.75, 3.05) is 32.8 Å². The van der Waals surface area contributed by atoms with Crippen molar-refractivity contribution in [3.8, 4) is 5.75 Å². The summed E-state index contributed by atoms with van der Waals surface area (Å²) < 4.78 is 37.8. The van der Waals surface area contributed by atoms with Gasteiger partial charge >= 0.3 is 12.1 Å². The van der Waals surface area contributed by atoms with Gasteiger partial charge < -0.3 is 14.7 Å². The lowest BCUT2D eigenvalue weighted by Crippen LogP contribution is -2.42. The number of ether oxygens (including phenoxy) is 1. The van der Waals surface area contributed by atoms with Gasteiger partial charge in [0.1, 0.15) is 5.75 Å². The Morgan fingerprint density at radius 1 is 1.00 bits per heavy atom. The Morgan fingerprint density at radius 3 is 2.15 bits per heavy atom. The van der Waals surface area contributed by atoms with Crippen molar-refractivity contribution >= 4 is 11.9 Å². The molecule has 1 amide bonds. The van der Waals surface area contributed by atoms with Crippen molar-refractivity contribution < 1.29 is 32.6 Å². The predicted molar refractivity (Wildman–Crippen MR) is 144 cm³/mol. The molecule has 0 aromatic heterocycles. The number of likely N-dealkylation sites (tertiary alicyclic amines) is 2. The summed E-state index contributed by atoms with van der Waals surface area (Å²) in [5.74, 6) is -1.01. The number of nitrogens with zero attached hydrogens (tertiary/aromatic N) is 2. The summed E-state index contributed by atoms with van der Waals surface area (Å²) in [6, 6.07) is 16.6. The van der Waals surface area contributed by atoms with Gasteiger partial charge in [-0.05, 0) is 73.9 Å². The number of alkyl halides is 3. The molecule has 39 heavy (non-hydrogen) atoms. The van der Waals surface area contributed by atoms with Gasteiger partial charge in [0, 0.05) is 30.8 Å². The molecule has 1 N–H and O–H groups in total. The summed E-state index contributed by atoms with van der Waals surface area (Å²) in [5, 5.41) is 7.12. The molecule has 214 valence electrons. The molecule has 9 heteroatoms. The Bertz CT molecular complexity index is 1090. The van der Waals surface area contributed by atoms with E-state index in [1.807, 2.05) is 12.1 Å². The molecule has 0 radical (unpaired) electrons. The lowest BCUT2D eigenvalue weighted by molar-refractivity contribution is -0.192. The summed E-state index contributed by atoms with van der Waals surface area (Å²) in [7, 11) is 0. The lowest BCUT2D eigenvalue weighted by atomic mass is 9.77. The second-order valence-corrected chi connectivity index (χ2v) is 10.9. The molecule has 0 aliphatic carbocycles. The van der Waals surface area contributed by atoms with Gasteiger partial charge in [0.2, 0.25) is 0 Å². The number of carboxylic acids is 1. The predicted octanol–water partition coefficient (Wildman–Crippen LogP) is 6.05. The highest BCUT2D eigenvalue weighted by molar-refractivity contribution is 5.94. The van der Waals surface area contributed by atoms with Crippen LogP contribution in [0.4, 0.5) is 13.2 Å². The SMILES string of the molecule is CCc1ccc(C(=O)N2CCC3(CCN(Cc4ccccc4OCC(C)C)CC3)C2)cc1.O=C(O)C(F)(F)F. The van der Waals surface area contributed by atoms with Crippen molar-refractivity contribution in [2.24, 2.45) is 11.3 Å². The minimum atomic E-state index is -5.08. The Hall–Kier alpha value is -3.07. The zero-order chi connectivity index (χ0) is 28.6. The van der Waals surface area contributed by atoms with E-state index in [4.69, 9.17) is 14.6 Å². The Balaban J connectivity index is 0.000000532. The molecule has 6 nitrogen and oxygen atoms in total. The highest BCUT2D eigenvalue weighted by Crippen LogP contribution is 2.41. The third-order valence-corrected chi connectivity index (χ3v) is 7.43. The maximum atomic E-state index is 13.0. The molecular weight excluding hydrogens is 509 g/mol. The first-order valence-electron chi connectivity index (χ1n) is 13.5. The number of hydrogen-bond acceptors (Lipinski definition) is 4. The highest BCUT2D eigenvalue weighted by atomic mass is 19.4. The van der Waals surface area contributed by atoms with E-state index in [1.165, 1.54) is 24.0 Å². The number of aliphatic carboxylic acids is 1. The van der Waals surface area contributed by atoms with Gasteiger partial charge in [-0.2, -0.15) is 13.2 Å². The minimum absolute atomic E-state index is 0.197. The third kappa shape index (κ3) is 8.71. The normalized spacial score (nSPS) is 17.2. The van der Waals surface area contributed by atoms with Gasteiger partial charge in [0.25, 0.3) is 5.91 Å². The molecule has 0 saturated carbocycles. The van der Waals surface area contributed by atoms with Gasteiger partial charge in [-0.25, -0.2) is 4.79 Å². The molecule has 2 aliphatic rings. The van der Waals surface area contributed by atoms with E-state index in [0.717, 1.165) is 63.5 Å². The van der Waals surface area contributed by atoms with Gasteiger partial charge in [-0.3, -0.25) is 9.69 Å². The number of amides is 1. The van der Waals surface area contributed by atoms with Crippen LogP contribution in [0.1, 0.15) is 61.5 Å². The first kappa shape index (κ1) is 30.5. The molecule has 0 unspecified atom stereocenters. The fourth-order valence-electron chi connectivity index (χ4n) is 5.04. The summed E-state index contributed by atoms with van der Waals surface area (Å²) in [6.45, 7) is 12.2. The van der Waals surface area contributed by atoms with Gasteiger partial charge in [-0.1, -0.05) is 51.1 Å². The molecule has 1 spiro atoms. The van der Waals surface area contributed by atoms with Crippen LogP contribution in [0.2, 0.25) is 0 Å². The molecule has 2 aromatic carbocycles. The molecular formula is C30H39F3N2O4. The van der Waals surface area contributed by atoms with Gasteiger partial charge in [0.15, 0.2) is 0 Å². The number of rotatable bonds is 7. The van der Waals surface area contributed by atoms with Crippen LogP contribution in [0.3, 0.4) is 0 Å². The molecule has 2 heterocycles. The minimum Gasteiger partial charge on any atom is -0.493 e. The largest absolute Gasteiger partial charge is 0.493 e. The van der Waals surface area contributed by atoms with E-state index in [-0.39, 0.29) is 5.91 Å². The van der Waals surface area contributed by atoms with Crippen LogP contribution in [0, 0.1) is 11.3 Å². The maximum Gasteiger partial charge on any atom is 0.490 e. The Kier molecular flexibility index (Phi) is 10.4. The molecule has 0 bridgehead atoms. The van der Waals surface area contributed by atoms with Crippen LogP contribution >= 0.6 is 0 Å². The summed E-state index contributed by atoms with van der Waals surface area (Å²) in [4.78, 5) is 26.6. The number of hydrogen-bond donors (Lipinski definition) is 1. The number of carbonyl (C=O) groups is 2. The van der Waals surface area contributed by atoms with Crippen LogP contribution < -0.4 is 4.74 Å². The van der Waals surface area contributed by atoms with Gasteiger partial charge in [-0.15, -0.1) is 0 Å². The number of aryl methyl sites for hydroxylation is 1. The average molecular weight is 549 g/mol.